The standard InChI is InChI=1S/C21H18FN5OS/c1-13-19(20(23)28)29-21(24-13)18-12-27(26-25-18)11-15-7-8-17(22)16(10-15)9-14-5-3-2-4-6-14/h2-8,10,12H,9,11H2,1H3,(H2,23,28). The van der Waals surface area contributed by atoms with Crippen LogP contribution < -0.4 is 5.73 Å². The number of nitrogens with zero attached hydrogens (tertiary/aromatic N) is 4. The number of carbonyl (C=O) groups excluding carboxylic acids is 1. The molecule has 2 heterocycles. The molecule has 6 nitrogen and oxygen atoms in total. The fourth-order valence-corrected chi connectivity index (χ4v) is 3.94. The van der Waals surface area contributed by atoms with Crippen molar-refractivity contribution in [2.45, 2.75) is 19.9 Å². The average molecular weight is 407 g/mol. The highest BCUT2D eigenvalue weighted by Crippen LogP contribution is 2.26. The Balaban J connectivity index is 1.54. The van der Waals surface area contributed by atoms with Crippen molar-refractivity contribution in [1.82, 2.24) is 20.0 Å². The average Bonchev–Trinajstić information content (AvgIpc) is 3.32. The van der Waals surface area contributed by atoms with Crippen LogP contribution in [0.2, 0.25) is 0 Å². The molecule has 0 fully saturated rings. The number of aromatic nitrogens is 4. The first kappa shape index (κ1) is 18.9. The summed E-state index contributed by atoms with van der Waals surface area (Å²) in [6, 6.07) is 14.9. The third kappa shape index (κ3) is 4.22. The highest BCUT2D eigenvalue weighted by Gasteiger charge is 2.16. The number of hydrogen-bond donors (Lipinski definition) is 1. The molecule has 0 aliphatic heterocycles. The number of carbonyl (C=O) groups is 1. The van der Waals surface area contributed by atoms with Gasteiger partial charge in [0, 0.05) is 6.42 Å². The van der Waals surface area contributed by atoms with Crippen LogP contribution in [0.25, 0.3) is 10.7 Å². The Bertz CT molecular complexity index is 1170. The van der Waals surface area contributed by atoms with E-state index in [0.29, 0.717) is 39.8 Å². The smallest absolute Gasteiger partial charge is 0.260 e. The lowest BCUT2D eigenvalue weighted by Crippen LogP contribution is -2.09. The molecule has 8 heteroatoms. The molecule has 0 saturated carbocycles. The Morgan fingerprint density at radius 3 is 2.69 bits per heavy atom. The number of halogens is 1. The number of thiazole rings is 1. The van der Waals surface area contributed by atoms with E-state index in [2.05, 4.69) is 15.3 Å². The predicted molar refractivity (Wildman–Crippen MR) is 109 cm³/mol. The summed E-state index contributed by atoms with van der Waals surface area (Å²) in [5.74, 6) is -0.731. The molecule has 2 N–H and O–H groups in total. The Kier molecular flexibility index (Phi) is 5.18. The van der Waals surface area contributed by atoms with Gasteiger partial charge in [0.2, 0.25) is 0 Å². The zero-order valence-electron chi connectivity index (χ0n) is 15.7. The van der Waals surface area contributed by atoms with Gasteiger partial charge in [0.05, 0.1) is 18.4 Å². The molecule has 4 aromatic rings. The molecule has 4 rings (SSSR count). The molecule has 0 unspecified atom stereocenters. The minimum atomic E-state index is -0.504. The number of nitrogens with two attached hydrogens (primary N) is 1. The van der Waals surface area contributed by atoms with Gasteiger partial charge in [0.25, 0.3) is 5.91 Å². The monoisotopic (exact) mass is 407 g/mol. The lowest BCUT2D eigenvalue weighted by molar-refractivity contribution is 0.100. The summed E-state index contributed by atoms with van der Waals surface area (Å²) in [6.45, 7) is 2.18. The van der Waals surface area contributed by atoms with Crippen molar-refractivity contribution in [3.8, 4) is 10.7 Å². The van der Waals surface area contributed by atoms with Crippen molar-refractivity contribution in [2.75, 3.05) is 0 Å². The quantitative estimate of drug-likeness (QED) is 0.529. The van der Waals surface area contributed by atoms with Crippen molar-refractivity contribution in [3.63, 3.8) is 0 Å². The van der Waals surface area contributed by atoms with Crippen LogP contribution in [0.1, 0.15) is 32.1 Å². The Labute approximate surface area is 170 Å². The van der Waals surface area contributed by atoms with E-state index in [4.69, 9.17) is 5.73 Å². The summed E-state index contributed by atoms with van der Waals surface area (Å²) >= 11 is 1.19. The molecular weight excluding hydrogens is 389 g/mol. The fraction of sp³-hybridized carbons (Fsp3) is 0.143. The zero-order chi connectivity index (χ0) is 20.4. The van der Waals surface area contributed by atoms with E-state index in [0.717, 1.165) is 11.1 Å². The van der Waals surface area contributed by atoms with E-state index < -0.39 is 5.91 Å². The van der Waals surface area contributed by atoms with E-state index in [-0.39, 0.29) is 5.82 Å². The second-order valence-electron chi connectivity index (χ2n) is 6.69. The molecule has 0 aliphatic carbocycles. The van der Waals surface area contributed by atoms with Gasteiger partial charge in [-0.3, -0.25) is 4.79 Å². The second kappa shape index (κ2) is 7.92. The maximum Gasteiger partial charge on any atom is 0.260 e. The molecule has 0 aliphatic rings. The van der Waals surface area contributed by atoms with Gasteiger partial charge in [-0.25, -0.2) is 14.1 Å². The normalized spacial score (nSPS) is 11.0. The molecule has 2 aromatic carbocycles. The molecule has 0 radical (unpaired) electrons. The number of primary amides is 1. The minimum Gasteiger partial charge on any atom is -0.365 e. The maximum absolute atomic E-state index is 14.2. The maximum atomic E-state index is 14.2. The molecule has 146 valence electrons. The first-order chi connectivity index (χ1) is 14.0. The van der Waals surface area contributed by atoms with Crippen molar-refractivity contribution >= 4 is 17.2 Å². The van der Waals surface area contributed by atoms with Gasteiger partial charge in [-0.05, 0) is 29.7 Å². The van der Waals surface area contributed by atoms with E-state index in [1.807, 2.05) is 36.4 Å². The SMILES string of the molecule is Cc1nc(-c2cn(Cc3ccc(F)c(Cc4ccccc4)c3)nn2)sc1C(N)=O. The van der Waals surface area contributed by atoms with Gasteiger partial charge in [-0.2, -0.15) is 0 Å². The topological polar surface area (TPSA) is 86.7 Å². The second-order valence-corrected chi connectivity index (χ2v) is 7.69. The van der Waals surface area contributed by atoms with Crippen LogP contribution in [0.4, 0.5) is 4.39 Å². The first-order valence-electron chi connectivity index (χ1n) is 8.98. The highest BCUT2D eigenvalue weighted by molar-refractivity contribution is 7.17. The molecular formula is C21H18FN5OS. The minimum absolute atomic E-state index is 0.228. The van der Waals surface area contributed by atoms with Crippen LogP contribution in [0.3, 0.4) is 0 Å². The number of benzene rings is 2. The first-order valence-corrected chi connectivity index (χ1v) is 9.80. The van der Waals surface area contributed by atoms with Gasteiger partial charge in [-0.15, -0.1) is 16.4 Å². The third-order valence-electron chi connectivity index (χ3n) is 4.47. The molecule has 0 saturated heterocycles. The number of amides is 1. The number of hydrogen-bond acceptors (Lipinski definition) is 5. The molecule has 0 spiro atoms. The molecule has 2 aromatic heterocycles. The van der Waals surface area contributed by atoms with Gasteiger partial charge >= 0.3 is 0 Å². The lowest BCUT2D eigenvalue weighted by Gasteiger charge is -2.07. The third-order valence-corrected chi connectivity index (χ3v) is 5.66. The van der Waals surface area contributed by atoms with Crippen LogP contribution in [-0.4, -0.2) is 25.9 Å². The van der Waals surface area contributed by atoms with Crippen LogP contribution in [0.5, 0.6) is 0 Å². The van der Waals surface area contributed by atoms with Gasteiger partial charge < -0.3 is 5.73 Å². The van der Waals surface area contributed by atoms with E-state index >= 15 is 0 Å². The summed E-state index contributed by atoms with van der Waals surface area (Å²) in [4.78, 5) is 16.2. The summed E-state index contributed by atoms with van der Waals surface area (Å²) in [7, 11) is 0. The van der Waals surface area contributed by atoms with Crippen LogP contribution in [-0.2, 0) is 13.0 Å². The van der Waals surface area contributed by atoms with Gasteiger partial charge in [0.15, 0.2) is 0 Å². The Morgan fingerprint density at radius 1 is 1.17 bits per heavy atom. The zero-order valence-corrected chi connectivity index (χ0v) is 16.5. The van der Waals surface area contributed by atoms with Gasteiger partial charge in [0.1, 0.15) is 21.4 Å². The van der Waals surface area contributed by atoms with E-state index in [1.54, 1.807) is 23.9 Å². The Morgan fingerprint density at radius 2 is 1.97 bits per heavy atom. The van der Waals surface area contributed by atoms with Crippen molar-refractivity contribution in [3.05, 3.63) is 87.8 Å². The van der Waals surface area contributed by atoms with Crippen molar-refractivity contribution < 1.29 is 9.18 Å². The Hall–Kier alpha value is -3.39. The summed E-state index contributed by atoms with van der Waals surface area (Å²) in [6.07, 6.45) is 2.28. The number of aryl methyl sites for hydroxylation is 1. The summed E-state index contributed by atoms with van der Waals surface area (Å²) < 4.78 is 15.9. The largest absolute Gasteiger partial charge is 0.365 e. The molecule has 1 amide bonds. The van der Waals surface area contributed by atoms with Crippen molar-refractivity contribution in [2.24, 2.45) is 5.73 Å². The van der Waals surface area contributed by atoms with Crippen LogP contribution >= 0.6 is 11.3 Å². The lowest BCUT2D eigenvalue weighted by atomic mass is 10.0. The van der Waals surface area contributed by atoms with Crippen LogP contribution in [0.15, 0.2) is 54.7 Å². The summed E-state index contributed by atoms with van der Waals surface area (Å²) in [5, 5.41) is 8.86. The fourth-order valence-electron chi connectivity index (χ4n) is 3.07. The van der Waals surface area contributed by atoms with Gasteiger partial charge in [-0.1, -0.05) is 47.7 Å². The summed E-state index contributed by atoms with van der Waals surface area (Å²) in [5.41, 5.74) is 9.11. The van der Waals surface area contributed by atoms with Crippen molar-refractivity contribution in [1.29, 1.82) is 0 Å². The molecule has 0 atom stereocenters. The predicted octanol–water partition coefficient (Wildman–Crippen LogP) is 3.59. The van der Waals surface area contributed by atoms with E-state index in [9.17, 15) is 9.18 Å². The van der Waals surface area contributed by atoms with Crippen LogP contribution in [0, 0.1) is 12.7 Å². The van der Waals surface area contributed by atoms with E-state index in [1.165, 1.54) is 17.4 Å². The molecule has 0 bridgehead atoms. The number of rotatable bonds is 6. The molecule has 29 heavy (non-hydrogen) atoms. The highest BCUT2D eigenvalue weighted by atomic mass is 32.1.